The number of pyridine rings is 1. The summed E-state index contributed by atoms with van der Waals surface area (Å²) in [4.78, 5) is 32.6. The minimum absolute atomic E-state index is 0.0537. The molecule has 0 spiro atoms. The van der Waals surface area contributed by atoms with E-state index in [0.717, 1.165) is 22.8 Å². The van der Waals surface area contributed by atoms with E-state index in [0.29, 0.717) is 0 Å². The van der Waals surface area contributed by atoms with Crippen LogP contribution < -0.4 is 5.56 Å². The maximum absolute atomic E-state index is 12.4. The second-order valence-corrected chi connectivity index (χ2v) is 5.22. The third-order valence-electron chi connectivity index (χ3n) is 3.71. The molecule has 1 aromatic heterocycles. The number of aromatic nitrogens is 1. The molecule has 0 amide bonds. The van der Waals surface area contributed by atoms with Crippen molar-refractivity contribution in [1.29, 1.82) is 5.26 Å². The van der Waals surface area contributed by atoms with Gasteiger partial charge in [0, 0.05) is 18.2 Å². The fourth-order valence-electron chi connectivity index (χ4n) is 2.31. The monoisotopic (exact) mass is 372 g/mol. The van der Waals surface area contributed by atoms with Crippen molar-refractivity contribution in [1.82, 2.24) is 4.57 Å². The molecule has 0 bridgehead atoms. The molecule has 12 nitrogen and oxygen atoms in total. The number of hydrogen-bond acceptors (Lipinski definition) is 9. The molecule has 0 saturated carbocycles. The van der Waals surface area contributed by atoms with Crippen LogP contribution in [-0.4, -0.2) is 19.5 Å². The van der Waals surface area contributed by atoms with Crippen molar-refractivity contribution in [2.45, 2.75) is 20.4 Å². The number of hydrogen-bond donors (Lipinski definition) is 1. The van der Waals surface area contributed by atoms with Crippen LogP contribution in [0.4, 0.5) is 22.7 Å². The Morgan fingerprint density at radius 1 is 1.26 bits per heavy atom. The smallest absolute Gasteiger partial charge is 0.303 e. The summed E-state index contributed by atoms with van der Waals surface area (Å²) in [7, 11) is 0. The molecule has 0 aliphatic rings. The maximum Gasteiger partial charge on any atom is 0.303 e. The SMILES string of the molecule is CCn1c(O)c(C#N)c(C)c(N=Nc2ccc([N+](=O)[O-])cc2[N+](=O)[O-])c1=O. The van der Waals surface area contributed by atoms with E-state index in [2.05, 4.69) is 10.2 Å². The van der Waals surface area contributed by atoms with Crippen LogP contribution in [0.1, 0.15) is 18.1 Å². The zero-order valence-corrected chi connectivity index (χ0v) is 14.1. The molecule has 0 atom stereocenters. The first kappa shape index (κ1) is 19.2. The highest BCUT2D eigenvalue weighted by molar-refractivity contribution is 5.62. The van der Waals surface area contributed by atoms with Crippen molar-refractivity contribution in [2.75, 3.05) is 0 Å². The average molecular weight is 372 g/mol. The summed E-state index contributed by atoms with van der Waals surface area (Å²) < 4.78 is 0.907. The highest BCUT2D eigenvalue weighted by Crippen LogP contribution is 2.33. The quantitative estimate of drug-likeness (QED) is 0.476. The van der Waals surface area contributed by atoms with E-state index >= 15 is 0 Å². The van der Waals surface area contributed by atoms with Crippen molar-refractivity contribution in [3.05, 3.63) is 59.9 Å². The first-order valence-corrected chi connectivity index (χ1v) is 7.43. The standard InChI is InChI=1S/C15H12N6O6/c1-3-19-14(22)10(7-16)8(2)13(15(19)23)18-17-11-5-4-9(20(24)25)6-12(11)21(26)27/h4-6,22H,3H2,1-2H3. The normalized spacial score (nSPS) is 10.7. The topological polar surface area (TPSA) is 177 Å². The van der Waals surface area contributed by atoms with E-state index in [1.807, 2.05) is 0 Å². The number of benzene rings is 1. The predicted octanol–water partition coefficient (Wildman–Crippen LogP) is 2.99. The Morgan fingerprint density at radius 3 is 2.44 bits per heavy atom. The molecule has 0 unspecified atom stereocenters. The molecule has 1 aromatic carbocycles. The second-order valence-electron chi connectivity index (χ2n) is 5.22. The van der Waals surface area contributed by atoms with Crippen LogP contribution in [0, 0.1) is 38.5 Å². The third kappa shape index (κ3) is 3.47. The first-order valence-electron chi connectivity index (χ1n) is 7.43. The van der Waals surface area contributed by atoms with Crippen molar-refractivity contribution >= 4 is 22.7 Å². The molecule has 0 saturated heterocycles. The second kappa shape index (κ2) is 7.40. The number of nitrogens with zero attached hydrogens (tertiary/aromatic N) is 6. The van der Waals surface area contributed by atoms with Gasteiger partial charge in [-0.2, -0.15) is 5.26 Å². The minimum Gasteiger partial charge on any atom is -0.493 e. The zero-order chi connectivity index (χ0) is 20.3. The molecule has 0 aliphatic carbocycles. The summed E-state index contributed by atoms with van der Waals surface area (Å²) >= 11 is 0. The van der Waals surface area contributed by atoms with Crippen LogP contribution in [-0.2, 0) is 6.54 Å². The van der Waals surface area contributed by atoms with Gasteiger partial charge < -0.3 is 5.11 Å². The van der Waals surface area contributed by atoms with E-state index < -0.39 is 32.7 Å². The summed E-state index contributed by atoms with van der Waals surface area (Å²) in [6.07, 6.45) is 0. The van der Waals surface area contributed by atoms with Crippen molar-refractivity contribution in [3.8, 4) is 11.9 Å². The number of azo groups is 1. The van der Waals surface area contributed by atoms with Crippen LogP contribution >= 0.6 is 0 Å². The van der Waals surface area contributed by atoms with Crippen molar-refractivity contribution in [3.63, 3.8) is 0 Å². The van der Waals surface area contributed by atoms with Crippen LogP contribution in [0.3, 0.4) is 0 Å². The van der Waals surface area contributed by atoms with Gasteiger partial charge in [0.2, 0.25) is 5.88 Å². The van der Waals surface area contributed by atoms with E-state index in [1.165, 1.54) is 6.92 Å². The number of aromatic hydroxyl groups is 1. The van der Waals surface area contributed by atoms with E-state index in [1.54, 1.807) is 13.0 Å². The number of non-ortho nitro benzene ring substituents is 1. The lowest BCUT2D eigenvalue weighted by Crippen LogP contribution is -2.20. The summed E-state index contributed by atoms with van der Waals surface area (Å²) in [5, 5.41) is 48.4. The fraction of sp³-hybridized carbons (Fsp3) is 0.200. The summed E-state index contributed by atoms with van der Waals surface area (Å²) in [5.41, 5.74) is -2.61. The molecule has 27 heavy (non-hydrogen) atoms. The van der Waals surface area contributed by atoms with Gasteiger partial charge >= 0.3 is 5.69 Å². The lowest BCUT2D eigenvalue weighted by atomic mass is 10.1. The van der Waals surface area contributed by atoms with Gasteiger partial charge in [-0.3, -0.25) is 29.6 Å². The summed E-state index contributed by atoms with van der Waals surface area (Å²) in [6.45, 7) is 3.00. The molecule has 2 rings (SSSR count). The van der Waals surface area contributed by atoms with E-state index in [-0.39, 0.29) is 29.0 Å². The van der Waals surface area contributed by atoms with Crippen molar-refractivity contribution < 1.29 is 15.0 Å². The molecule has 12 heteroatoms. The number of nitro groups is 2. The lowest BCUT2D eigenvalue weighted by molar-refractivity contribution is -0.393. The van der Waals surface area contributed by atoms with Gasteiger partial charge in [-0.05, 0) is 19.9 Å². The number of rotatable bonds is 5. The van der Waals surface area contributed by atoms with E-state index in [4.69, 9.17) is 5.26 Å². The molecule has 2 aromatic rings. The molecule has 0 fully saturated rings. The summed E-state index contributed by atoms with van der Waals surface area (Å²) in [5.74, 6) is -0.511. The minimum atomic E-state index is -0.865. The number of nitriles is 1. The lowest BCUT2D eigenvalue weighted by Gasteiger charge is -2.10. The Kier molecular flexibility index (Phi) is 5.26. The number of nitro benzene ring substituents is 2. The summed E-state index contributed by atoms with van der Waals surface area (Å²) in [6, 6.07) is 4.52. The maximum atomic E-state index is 12.4. The Bertz CT molecular complexity index is 1080. The van der Waals surface area contributed by atoms with Crippen molar-refractivity contribution in [2.24, 2.45) is 10.2 Å². The molecule has 1 heterocycles. The van der Waals surface area contributed by atoms with Gasteiger partial charge in [0.05, 0.1) is 15.9 Å². The fourth-order valence-corrected chi connectivity index (χ4v) is 2.31. The molecular formula is C15H12N6O6. The molecule has 0 radical (unpaired) electrons. The van der Waals surface area contributed by atoms with Gasteiger partial charge in [0.1, 0.15) is 11.6 Å². The zero-order valence-electron chi connectivity index (χ0n) is 14.1. The Morgan fingerprint density at radius 2 is 1.93 bits per heavy atom. The average Bonchev–Trinajstić information content (AvgIpc) is 2.62. The van der Waals surface area contributed by atoms with Gasteiger partial charge in [0.15, 0.2) is 11.4 Å². The van der Waals surface area contributed by atoms with Gasteiger partial charge in [-0.25, -0.2) is 0 Å². The Hall–Kier alpha value is -4.14. The van der Waals surface area contributed by atoms with Crippen LogP contribution in [0.5, 0.6) is 5.88 Å². The Balaban J connectivity index is 2.67. The predicted molar refractivity (Wildman–Crippen MR) is 91.4 cm³/mol. The molecule has 0 aliphatic heterocycles. The first-order chi connectivity index (χ1) is 12.7. The van der Waals surface area contributed by atoms with Gasteiger partial charge in [-0.15, -0.1) is 10.2 Å². The van der Waals surface area contributed by atoms with Gasteiger partial charge in [0.25, 0.3) is 11.2 Å². The molecule has 1 N–H and O–H groups in total. The van der Waals surface area contributed by atoms with Crippen LogP contribution in [0.25, 0.3) is 0 Å². The molecule has 138 valence electrons. The van der Waals surface area contributed by atoms with Crippen LogP contribution in [0.15, 0.2) is 33.2 Å². The highest BCUT2D eigenvalue weighted by Gasteiger charge is 2.21. The molecular weight excluding hydrogens is 360 g/mol. The third-order valence-corrected chi connectivity index (χ3v) is 3.71. The van der Waals surface area contributed by atoms with Gasteiger partial charge in [-0.1, -0.05) is 0 Å². The van der Waals surface area contributed by atoms with E-state index in [9.17, 15) is 30.1 Å². The highest BCUT2D eigenvalue weighted by atomic mass is 16.6. The van der Waals surface area contributed by atoms with Crippen LogP contribution in [0.2, 0.25) is 0 Å². The largest absolute Gasteiger partial charge is 0.493 e. The Labute approximate surface area is 150 Å².